The van der Waals surface area contributed by atoms with Gasteiger partial charge in [-0.3, -0.25) is 9.36 Å². The molecule has 0 N–H and O–H groups in total. The quantitative estimate of drug-likeness (QED) is 0.191. The minimum absolute atomic E-state index is 0.141. The van der Waals surface area contributed by atoms with Crippen molar-refractivity contribution in [3.05, 3.63) is 94.0 Å². The second kappa shape index (κ2) is 14.9. The highest BCUT2D eigenvalue weighted by molar-refractivity contribution is 9.11. The molecule has 3 aromatic rings. The Balaban J connectivity index is 1.93. The average molecular weight is 750 g/mol. The number of aromatic nitrogens is 1. The number of rotatable bonds is 12. The van der Waals surface area contributed by atoms with Gasteiger partial charge in [-0.15, -0.1) is 0 Å². The molecule has 10 nitrogen and oxygen atoms in total. The minimum atomic E-state index is -0.882. The molecule has 2 heterocycles. The topological polar surface area (TPSA) is 115 Å². The van der Waals surface area contributed by atoms with Crippen molar-refractivity contribution in [2.45, 2.75) is 26.8 Å². The predicted molar refractivity (Wildman–Crippen MR) is 173 cm³/mol. The summed E-state index contributed by atoms with van der Waals surface area (Å²) in [4.78, 5) is 44.2. The highest BCUT2D eigenvalue weighted by Crippen LogP contribution is 2.37. The predicted octanol–water partition coefficient (Wildman–Crippen LogP) is 4.84. The number of hydrogen-bond donors (Lipinski definition) is 0. The Hall–Kier alpha value is -3.68. The Kier molecular flexibility index (Phi) is 11.2. The molecular weight excluding hydrogens is 720 g/mol. The van der Waals surface area contributed by atoms with E-state index in [0.717, 1.165) is 4.47 Å². The molecule has 1 aliphatic rings. The average Bonchev–Trinajstić information content (AvgIpc) is 3.29. The van der Waals surface area contributed by atoms with Crippen molar-refractivity contribution in [1.29, 1.82) is 0 Å². The second-order valence-electron chi connectivity index (χ2n) is 9.21. The van der Waals surface area contributed by atoms with E-state index in [4.69, 9.17) is 18.9 Å². The third-order valence-electron chi connectivity index (χ3n) is 6.34. The van der Waals surface area contributed by atoms with Gasteiger partial charge < -0.3 is 23.7 Å². The van der Waals surface area contributed by atoms with Crippen molar-refractivity contribution >= 4 is 61.2 Å². The Labute approximate surface area is 274 Å². The van der Waals surface area contributed by atoms with Crippen molar-refractivity contribution in [1.82, 2.24) is 4.57 Å². The van der Waals surface area contributed by atoms with E-state index in [2.05, 4.69) is 48.2 Å². The third kappa shape index (κ3) is 7.16. The van der Waals surface area contributed by atoms with Gasteiger partial charge in [0.15, 0.2) is 22.9 Å². The molecule has 1 atom stereocenters. The molecule has 0 aliphatic carbocycles. The van der Waals surface area contributed by atoms with Crippen LogP contribution in [0.25, 0.3) is 6.08 Å². The number of nitrogens with zero attached hydrogens (tertiary/aromatic N) is 2. The summed E-state index contributed by atoms with van der Waals surface area (Å²) in [6.45, 7) is 9.34. The van der Waals surface area contributed by atoms with Crippen molar-refractivity contribution < 1.29 is 33.3 Å². The maximum absolute atomic E-state index is 14.1. The van der Waals surface area contributed by atoms with Crippen LogP contribution in [-0.4, -0.2) is 50.0 Å². The summed E-state index contributed by atoms with van der Waals surface area (Å²) in [7, 11) is 1.27. The normalized spacial score (nSPS) is 14.4. The van der Waals surface area contributed by atoms with Crippen LogP contribution in [0.4, 0.5) is 0 Å². The number of allylic oxidation sites excluding steroid dienone is 1. The molecule has 0 unspecified atom stereocenters. The lowest BCUT2D eigenvalue weighted by Crippen LogP contribution is -2.40. The highest BCUT2D eigenvalue weighted by atomic mass is 79.9. The lowest BCUT2D eigenvalue weighted by molar-refractivity contribution is -0.143. The van der Waals surface area contributed by atoms with Crippen LogP contribution in [0.1, 0.15) is 37.9 Å². The number of halogens is 2. The van der Waals surface area contributed by atoms with Crippen LogP contribution in [0.15, 0.2) is 73.0 Å². The summed E-state index contributed by atoms with van der Waals surface area (Å²) in [5.41, 5.74) is 1.50. The molecule has 0 saturated carbocycles. The number of thiazole rings is 1. The van der Waals surface area contributed by atoms with E-state index in [-0.39, 0.29) is 31.0 Å². The first-order valence-corrected chi connectivity index (χ1v) is 15.9. The molecule has 0 saturated heterocycles. The van der Waals surface area contributed by atoms with Crippen LogP contribution >= 0.6 is 43.2 Å². The lowest BCUT2D eigenvalue weighted by Gasteiger charge is -2.25. The molecule has 232 valence electrons. The van der Waals surface area contributed by atoms with Crippen LogP contribution in [0.5, 0.6) is 17.2 Å². The van der Waals surface area contributed by atoms with Crippen LogP contribution in [0.3, 0.4) is 0 Å². The molecule has 0 amide bonds. The zero-order valence-corrected chi connectivity index (χ0v) is 28.5. The Morgan fingerprint density at radius 1 is 1.09 bits per heavy atom. The van der Waals surface area contributed by atoms with E-state index < -0.39 is 18.0 Å². The summed E-state index contributed by atoms with van der Waals surface area (Å²) in [6.07, 6.45) is 3.36. The Bertz CT molecular complexity index is 1810. The zero-order chi connectivity index (χ0) is 32.0. The molecular formula is C31H30Br2N2O8S. The van der Waals surface area contributed by atoms with E-state index >= 15 is 0 Å². The van der Waals surface area contributed by atoms with E-state index in [9.17, 15) is 14.4 Å². The molecule has 44 heavy (non-hydrogen) atoms. The number of benzene rings is 2. The summed E-state index contributed by atoms with van der Waals surface area (Å²) in [5.74, 6) is 0.0362. The lowest BCUT2D eigenvalue weighted by atomic mass is 9.95. The van der Waals surface area contributed by atoms with Crippen LogP contribution in [-0.2, 0) is 19.1 Å². The molecule has 13 heteroatoms. The second-order valence-corrected chi connectivity index (χ2v) is 12.0. The molecule has 1 aliphatic heterocycles. The summed E-state index contributed by atoms with van der Waals surface area (Å²) in [6, 6.07) is 7.83. The van der Waals surface area contributed by atoms with Crippen molar-refractivity contribution in [3.63, 3.8) is 0 Å². The third-order valence-corrected chi connectivity index (χ3v) is 8.37. The zero-order valence-electron chi connectivity index (χ0n) is 24.5. The van der Waals surface area contributed by atoms with E-state index in [1.165, 1.54) is 23.0 Å². The molecule has 0 spiro atoms. The highest BCUT2D eigenvalue weighted by Gasteiger charge is 2.34. The van der Waals surface area contributed by atoms with Gasteiger partial charge >= 0.3 is 11.9 Å². The fourth-order valence-corrected chi connectivity index (χ4v) is 6.92. The molecule has 0 bridgehead atoms. The standard InChI is InChI=1S/C31H30Br2N2O8S/c1-6-11-42-28-19(12-20(32)15-21(28)33)14-24-29(37)35-27(26(30(38)41-8-3)17(4)34-31(35)44-24)18-9-10-22(23(13-18)40-7-2)43-16-25(36)39-5/h6,9-10,12-15,27H,1,7-8,11,16H2,2-5H3/b24-14+/t27-/m1/s1. The monoisotopic (exact) mass is 748 g/mol. The first-order chi connectivity index (χ1) is 21.1. The largest absolute Gasteiger partial charge is 0.490 e. The maximum Gasteiger partial charge on any atom is 0.343 e. The molecule has 0 fully saturated rings. The van der Waals surface area contributed by atoms with Crippen molar-refractivity contribution in [2.75, 3.05) is 33.5 Å². The molecule has 1 aromatic heterocycles. The van der Waals surface area contributed by atoms with Gasteiger partial charge in [0.05, 0.1) is 46.6 Å². The number of ether oxygens (including phenoxy) is 5. The fraction of sp³-hybridized carbons (Fsp3) is 0.290. The summed E-state index contributed by atoms with van der Waals surface area (Å²) in [5, 5.41) is 0. The van der Waals surface area contributed by atoms with E-state index in [1.54, 1.807) is 51.1 Å². The SMILES string of the molecule is C=CCOc1c(Br)cc(Br)cc1/C=c1/sc2n(c1=O)[C@H](c1ccc(OCC(=O)OC)c(OCC)c1)C(C(=O)OCC)=C(C)N=2. The number of methoxy groups -OCH3 is 1. The van der Waals surface area contributed by atoms with Gasteiger partial charge in [0, 0.05) is 10.0 Å². The first-order valence-electron chi connectivity index (χ1n) is 13.5. The first kappa shape index (κ1) is 33.2. The van der Waals surface area contributed by atoms with Gasteiger partial charge in [-0.2, -0.15) is 0 Å². The Morgan fingerprint density at radius 3 is 2.55 bits per heavy atom. The van der Waals surface area contributed by atoms with Crippen molar-refractivity contribution in [3.8, 4) is 17.2 Å². The van der Waals surface area contributed by atoms with Gasteiger partial charge in [-0.25, -0.2) is 14.6 Å². The van der Waals surface area contributed by atoms with Crippen LogP contribution < -0.4 is 29.1 Å². The van der Waals surface area contributed by atoms with Gasteiger partial charge in [0.1, 0.15) is 12.4 Å². The maximum atomic E-state index is 14.1. The van der Waals surface area contributed by atoms with Gasteiger partial charge in [0.2, 0.25) is 0 Å². The summed E-state index contributed by atoms with van der Waals surface area (Å²) >= 11 is 8.24. The number of carbonyl (C=O) groups excluding carboxylic acids is 2. The molecule has 2 aromatic carbocycles. The number of carbonyl (C=O) groups is 2. The van der Waals surface area contributed by atoms with Gasteiger partial charge in [-0.1, -0.05) is 46.0 Å². The smallest absolute Gasteiger partial charge is 0.343 e. The van der Waals surface area contributed by atoms with Crippen LogP contribution in [0, 0.1) is 0 Å². The number of fused-ring (bicyclic) bond motifs is 1. The van der Waals surface area contributed by atoms with Gasteiger partial charge in [-0.05, 0) is 72.6 Å². The van der Waals surface area contributed by atoms with Crippen molar-refractivity contribution in [2.24, 2.45) is 4.99 Å². The van der Waals surface area contributed by atoms with Crippen LogP contribution in [0.2, 0.25) is 0 Å². The minimum Gasteiger partial charge on any atom is -0.490 e. The molecule has 0 radical (unpaired) electrons. The van der Waals surface area contributed by atoms with E-state index in [0.29, 0.717) is 54.5 Å². The number of hydrogen-bond acceptors (Lipinski definition) is 10. The molecule has 4 rings (SSSR count). The fourth-order valence-electron chi connectivity index (χ4n) is 4.51. The number of esters is 2. The van der Waals surface area contributed by atoms with E-state index in [1.807, 2.05) is 12.1 Å². The Morgan fingerprint density at radius 2 is 1.86 bits per heavy atom. The summed E-state index contributed by atoms with van der Waals surface area (Å²) < 4.78 is 30.7. The van der Waals surface area contributed by atoms with Gasteiger partial charge in [0.25, 0.3) is 5.56 Å².